The van der Waals surface area contributed by atoms with Crippen molar-refractivity contribution in [1.29, 1.82) is 0 Å². The van der Waals surface area contributed by atoms with Gasteiger partial charge in [0.25, 0.3) is 0 Å². The molecular formula is C8H13ClO2. The minimum absolute atomic E-state index is 0.00463. The highest BCUT2D eigenvalue weighted by Crippen LogP contribution is 2.38. The maximum atomic E-state index is 11.1. The number of carbonyl (C=O) groups excluding carboxylic acids is 1. The van der Waals surface area contributed by atoms with E-state index in [1.54, 1.807) is 6.92 Å². The summed E-state index contributed by atoms with van der Waals surface area (Å²) in [4.78, 5) is 10.3. The maximum Gasteiger partial charge on any atom is 0.327 e. The molecule has 0 bridgehead atoms. The summed E-state index contributed by atoms with van der Waals surface area (Å²) in [5.74, 6) is -0.166. The van der Waals surface area contributed by atoms with Gasteiger partial charge < -0.3 is 4.74 Å². The average Bonchev–Trinajstić information content (AvgIpc) is 2.14. The minimum Gasteiger partial charge on any atom is -0.461 e. The molecular weight excluding hydrogens is 164 g/mol. The molecule has 1 saturated heterocycles. The van der Waals surface area contributed by atoms with Crippen molar-refractivity contribution in [2.75, 3.05) is 0 Å². The van der Waals surface area contributed by atoms with Crippen molar-refractivity contribution in [2.45, 2.75) is 38.2 Å². The minimum atomic E-state index is -0.805. The van der Waals surface area contributed by atoms with Crippen molar-refractivity contribution in [3.8, 4) is 0 Å². The second kappa shape index (κ2) is 2.67. The second-order valence-corrected chi connectivity index (χ2v) is 4.00. The summed E-state index contributed by atoms with van der Waals surface area (Å²) in [6, 6.07) is 0. The fourth-order valence-corrected chi connectivity index (χ4v) is 1.51. The number of cyclic esters (lactones) is 1. The van der Waals surface area contributed by atoms with Crippen molar-refractivity contribution in [3.05, 3.63) is 0 Å². The second-order valence-electron chi connectivity index (χ2n) is 3.22. The first-order valence-corrected chi connectivity index (χ1v) is 4.28. The van der Waals surface area contributed by atoms with E-state index in [9.17, 15) is 4.79 Å². The smallest absolute Gasteiger partial charge is 0.327 e. The molecule has 0 spiro atoms. The molecule has 0 amide bonds. The van der Waals surface area contributed by atoms with Gasteiger partial charge in [0, 0.05) is 5.92 Å². The molecule has 0 unspecified atom stereocenters. The molecule has 3 heteroatoms. The molecule has 2 nitrogen and oxygen atoms in total. The highest BCUT2D eigenvalue weighted by Gasteiger charge is 2.49. The molecule has 1 rings (SSSR count). The van der Waals surface area contributed by atoms with Crippen LogP contribution in [0.5, 0.6) is 0 Å². The van der Waals surface area contributed by atoms with E-state index in [0.717, 1.165) is 6.42 Å². The van der Waals surface area contributed by atoms with Gasteiger partial charge in [0.1, 0.15) is 11.0 Å². The Morgan fingerprint density at radius 2 is 2.27 bits per heavy atom. The van der Waals surface area contributed by atoms with Crippen molar-refractivity contribution < 1.29 is 9.53 Å². The van der Waals surface area contributed by atoms with Gasteiger partial charge in [-0.25, -0.2) is 0 Å². The van der Waals surface area contributed by atoms with Crippen LogP contribution >= 0.6 is 11.6 Å². The zero-order chi connectivity index (χ0) is 8.65. The zero-order valence-corrected chi connectivity index (χ0v) is 7.81. The maximum absolute atomic E-state index is 11.1. The SMILES string of the molecule is CC[C@H]1OC(=O)[C@](C)(Cl)[C@@H]1C. The molecule has 0 aromatic rings. The number of rotatable bonds is 1. The van der Waals surface area contributed by atoms with E-state index in [4.69, 9.17) is 16.3 Å². The van der Waals surface area contributed by atoms with E-state index >= 15 is 0 Å². The molecule has 0 saturated carbocycles. The third-order valence-electron chi connectivity index (χ3n) is 2.47. The molecule has 11 heavy (non-hydrogen) atoms. The fourth-order valence-electron chi connectivity index (χ4n) is 1.33. The molecule has 1 fully saturated rings. The van der Waals surface area contributed by atoms with Crippen molar-refractivity contribution in [3.63, 3.8) is 0 Å². The van der Waals surface area contributed by atoms with Crippen LogP contribution in [-0.2, 0) is 9.53 Å². The van der Waals surface area contributed by atoms with Crippen LogP contribution in [0.4, 0.5) is 0 Å². The lowest BCUT2D eigenvalue weighted by molar-refractivity contribution is -0.143. The first kappa shape index (κ1) is 8.85. The summed E-state index contributed by atoms with van der Waals surface area (Å²) in [5, 5.41) is 0. The number of hydrogen-bond acceptors (Lipinski definition) is 2. The molecule has 3 atom stereocenters. The van der Waals surface area contributed by atoms with Gasteiger partial charge in [-0.05, 0) is 13.3 Å². The monoisotopic (exact) mass is 176 g/mol. The Hall–Kier alpha value is -0.240. The first-order chi connectivity index (χ1) is 5.00. The number of halogens is 1. The summed E-state index contributed by atoms with van der Waals surface area (Å²) in [5.41, 5.74) is 0. The normalized spacial score (nSPS) is 44.2. The molecule has 1 aliphatic heterocycles. The first-order valence-electron chi connectivity index (χ1n) is 3.90. The summed E-state index contributed by atoms with van der Waals surface area (Å²) < 4.78 is 5.07. The summed E-state index contributed by atoms with van der Waals surface area (Å²) in [6.07, 6.45) is 0.847. The van der Waals surface area contributed by atoms with Gasteiger partial charge in [-0.3, -0.25) is 4.79 Å². The van der Waals surface area contributed by atoms with Gasteiger partial charge in [-0.1, -0.05) is 13.8 Å². The lowest BCUT2D eigenvalue weighted by Crippen LogP contribution is -2.30. The van der Waals surface area contributed by atoms with Gasteiger partial charge in [0.05, 0.1) is 0 Å². The highest BCUT2D eigenvalue weighted by atomic mass is 35.5. The van der Waals surface area contributed by atoms with E-state index in [-0.39, 0.29) is 18.0 Å². The molecule has 0 N–H and O–H groups in total. The quantitative estimate of drug-likeness (QED) is 0.451. The van der Waals surface area contributed by atoms with Crippen molar-refractivity contribution >= 4 is 17.6 Å². The molecule has 0 aliphatic carbocycles. The van der Waals surface area contributed by atoms with E-state index in [2.05, 4.69) is 0 Å². The van der Waals surface area contributed by atoms with Crippen LogP contribution in [-0.4, -0.2) is 16.9 Å². The number of alkyl halides is 1. The van der Waals surface area contributed by atoms with Crippen LogP contribution in [0.25, 0.3) is 0 Å². The van der Waals surface area contributed by atoms with Crippen LogP contribution in [0.1, 0.15) is 27.2 Å². The van der Waals surface area contributed by atoms with Crippen LogP contribution < -0.4 is 0 Å². The predicted octanol–water partition coefficient (Wildman–Crippen LogP) is 1.96. The van der Waals surface area contributed by atoms with Crippen LogP contribution in [0, 0.1) is 5.92 Å². The van der Waals surface area contributed by atoms with Crippen LogP contribution in [0.15, 0.2) is 0 Å². The lowest BCUT2D eigenvalue weighted by Gasteiger charge is -2.17. The number of ether oxygens (including phenoxy) is 1. The molecule has 64 valence electrons. The van der Waals surface area contributed by atoms with Crippen molar-refractivity contribution in [1.82, 2.24) is 0 Å². The third kappa shape index (κ3) is 1.24. The third-order valence-corrected chi connectivity index (χ3v) is 2.97. The highest BCUT2D eigenvalue weighted by molar-refractivity contribution is 6.34. The van der Waals surface area contributed by atoms with Gasteiger partial charge in [0.15, 0.2) is 0 Å². The standard InChI is InChI=1S/C8H13ClO2/c1-4-6-5(2)8(3,9)7(10)11-6/h5-6H,4H2,1-3H3/t5-,6-,8-/m1/s1. The summed E-state index contributed by atoms with van der Waals surface area (Å²) in [7, 11) is 0. The Bertz CT molecular complexity index is 177. The summed E-state index contributed by atoms with van der Waals surface area (Å²) in [6.45, 7) is 5.66. The Balaban J connectivity index is 2.80. The van der Waals surface area contributed by atoms with Crippen LogP contribution in [0.2, 0.25) is 0 Å². The van der Waals surface area contributed by atoms with E-state index in [1.807, 2.05) is 13.8 Å². The zero-order valence-electron chi connectivity index (χ0n) is 7.06. The number of esters is 1. The van der Waals surface area contributed by atoms with Gasteiger partial charge >= 0.3 is 5.97 Å². The molecule has 0 aromatic heterocycles. The Morgan fingerprint density at radius 1 is 1.73 bits per heavy atom. The van der Waals surface area contributed by atoms with E-state index < -0.39 is 4.87 Å². The number of carbonyl (C=O) groups is 1. The average molecular weight is 177 g/mol. The van der Waals surface area contributed by atoms with Gasteiger partial charge in [-0.15, -0.1) is 11.6 Å². The predicted molar refractivity (Wildman–Crippen MR) is 43.6 cm³/mol. The van der Waals surface area contributed by atoms with Crippen LogP contribution in [0.3, 0.4) is 0 Å². The van der Waals surface area contributed by atoms with E-state index in [0.29, 0.717) is 0 Å². The molecule has 0 radical (unpaired) electrons. The number of hydrogen-bond donors (Lipinski definition) is 0. The summed E-state index contributed by atoms with van der Waals surface area (Å²) >= 11 is 5.97. The van der Waals surface area contributed by atoms with Crippen molar-refractivity contribution in [2.24, 2.45) is 5.92 Å². The lowest BCUT2D eigenvalue weighted by atomic mass is 9.92. The Kier molecular flexibility index (Phi) is 2.15. The molecule has 1 aliphatic rings. The molecule has 1 heterocycles. The fraction of sp³-hybridized carbons (Fsp3) is 0.875. The molecule has 0 aromatic carbocycles. The topological polar surface area (TPSA) is 26.3 Å². The van der Waals surface area contributed by atoms with Gasteiger partial charge in [0.2, 0.25) is 0 Å². The van der Waals surface area contributed by atoms with E-state index in [1.165, 1.54) is 0 Å². The largest absolute Gasteiger partial charge is 0.461 e. The Morgan fingerprint density at radius 3 is 2.45 bits per heavy atom. The Labute approximate surface area is 71.9 Å². The van der Waals surface area contributed by atoms with Gasteiger partial charge in [-0.2, -0.15) is 0 Å².